The van der Waals surface area contributed by atoms with Crippen LogP contribution in [0.15, 0.2) is 42.5 Å². The lowest BCUT2D eigenvalue weighted by atomic mass is 9.93. The highest BCUT2D eigenvalue weighted by Gasteiger charge is 2.29. The largest absolute Gasteiger partial charge is 0.524 e. The minimum Gasteiger partial charge on any atom is -0.403 e. The molecule has 0 saturated carbocycles. The van der Waals surface area contributed by atoms with E-state index in [1.807, 2.05) is 16.7 Å². The van der Waals surface area contributed by atoms with Crippen LogP contribution in [-0.2, 0) is 39.5 Å². The van der Waals surface area contributed by atoms with Crippen molar-refractivity contribution in [1.82, 2.24) is 4.57 Å². The highest BCUT2D eigenvalue weighted by molar-refractivity contribution is 7.46. The predicted octanol–water partition coefficient (Wildman–Crippen LogP) is 6.30. The lowest BCUT2D eigenvalue weighted by Gasteiger charge is -2.18. The minimum atomic E-state index is -4.87. The Hall–Kier alpha value is -2.17. The molecule has 0 radical (unpaired) electrons. The number of benzene rings is 2. The molecular weight excluding hydrogens is 641 g/mol. The number of carbonyl (C=O) groups is 1. The minimum absolute atomic E-state index is 0.0747. The number of amides is 1. The number of nitrogens with zero attached hydrogens (tertiary/aromatic N) is 1. The number of phosphoric ester groups is 2. The van der Waals surface area contributed by atoms with Crippen molar-refractivity contribution in [3.8, 4) is 16.9 Å². The third kappa shape index (κ3) is 10.5. The summed E-state index contributed by atoms with van der Waals surface area (Å²) in [6, 6.07) is 11.7. The zero-order valence-electron chi connectivity index (χ0n) is 23.8. The average molecular weight is 677 g/mol. The van der Waals surface area contributed by atoms with E-state index in [0.29, 0.717) is 41.1 Å². The molecule has 1 atom stereocenters. The maximum atomic E-state index is 13.2. The van der Waals surface area contributed by atoms with Crippen molar-refractivity contribution < 1.29 is 42.5 Å². The molecule has 2 aromatic carbocycles. The Morgan fingerprint density at radius 3 is 2.23 bits per heavy atom. The van der Waals surface area contributed by atoms with E-state index in [2.05, 4.69) is 18.4 Å². The van der Waals surface area contributed by atoms with E-state index >= 15 is 0 Å². The first-order chi connectivity index (χ1) is 20.1. The summed E-state index contributed by atoms with van der Waals surface area (Å²) < 4.78 is 34.0. The fourth-order valence-corrected chi connectivity index (χ4v) is 6.32. The van der Waals surface area contributed by atoms with Crippen LogP contribution in [0.5, 0.6) is 5.75 Å². The molecule has 6 N–H and O–H groups in total. The molecule has 11 nitrogen and oxygen atoms in total. The first-order valence-electron chi connectivity index (χ1n) is 13.6. The van der Waals surface area contributed by atoms with Gasteiger partial charge in [-0.3, -0.25) is 19.1 Å². The number of nitrogens with two attached hydrogens (primary N) is 1. The van der Waals surface area contributed by atoms with E-state index in [-0.39, 0.29) is 41.8 Å². The molecule has 0 aliphatic heterocycles. The number of rotatable bonds is 16. The van der Waals surface area contributed by atoms with Gasteiger partial charge < -0.3 is 24.6 Å². The Kier molecular flexibility index (Phi) is 12.5. The molecule has 1 amide bonds. The van der Waals surface area contributed by atoms with Crippen LogP contribution in [0.3, 0.4) is 0 Å². The maximum absolute atomic E-state index is 13.2. The van der Waals surface area contributed by atoms with Gasteiger partial charge in [0.1, 0.15) is 5.75 Å². The van der Waals surface area contributed by atoms with Crippen molar-refractivity contribution in [3.63, 3.8) is 0 Å². The van der Waals surface area contributed by atoms with Gasteiger partial charge in [-0.1, -0.05) is 68.1 Å². The summed E-state index contributed by atoms with van der Waals surface area (Å²) in [6.45, 7) is 4.21. The Balaban J connectivity index is 2.21. The van der Waals surface area contributed by atoms with Crippen molar-refractivity contribution in [3.05, 3.63) is 75.0 Å². The molecule has 1 aromatic heterocycles. The summed E-state index contributed by atoms with van der Waals surface area (Å²) in [5.74, 6) is -0.707. The Morgan fingerprint density at radius 1 is 1.00 bits per heavy atom. The molecule has 3 rings (SSSR count). The van der Waals surface area contributed by atoms with Crippen LogP contribution in [0.2, 0.25) is 10.0 Å². The molecule has 15 heteroatoms. The first-order valence-corrected chi connectivity index (χ1v) is 17.4. The number of hydrogen-bond donors (Lipinski definition) is 5. The molecule has 0 saturated heterocycles. The molecule has 0 fully saturated rings. The van der Waals surface area contributed by atoms with E-state index in [9.17, 15) is 23.7 Å². The molecular formula is C28H36Cl2N2O9P2. The van der Waals surface area contributed by atoms with Crippen LogP contribution in [0.1, 0.15) is 60.4 Å². The summed E-state index contributed by atoms with van der Waals surface area (Å²) in [5, 5.41) is 0.516. The van der Waals surface area contributed by atoms with Gasteiger partial charge in [-0.2, -0.15) is 0 Å². The van der Waals surface area contributed by atoms with Crippen LogP contribution in [-0.4, -0.2) is 36.7 Å². The van der Waals surface area contributed by atoms with Crippen molar-refractivity contribution in [1.29, 1.82) is 0 Å². The number of hydrogen-bond acceptors (Lipinski definition) is 5. The van der Waals surface area contributed by atoms with E-state index in [0.717, 1.165) is 24.1 Å². The van der Waals surface area contributed by atoms with Gasteiger partial charge in [0.2, 0.25) is 0 Å². The molecule has 0 spiro atoms. The summed E-state index contributed by atoms with van der Waals surface area (Å²) in [4.78, 5) is 50.0. The molecule has 1 heterocycles. The topological polar surface area (TPSA) is 182 Å². The van der Waals surface area contributed by atoms with Crippen molar-refractivity contribution in [2.24, 2.45) is 11.7 Å². The second-order valence-corrected chi connectivity index (χ2v) is 13.5. The zero-order valence-corrected chi connectivity index (χ0v) is 27.1. The van der Waals surface area contributed by atoms with Gasteiger partial charge in [-0.15, -0.1) is 0 Å². The number of carbonyl (C=O) groups excluding carboxylic acids is 1. The number of aryl methyl sites for hydroxylation is 1. The van der Waals surface area contributed by atoms with Gasteiger partial charge in [-0.25, -0.2) is 9.13 Å². The zero-order chi connectivity index (χ0) is 31.9. The molecule has 0 aliphatic carbocycles. The van der Waals surface area contributed by atoms with Gasteiger partial charge in [0, 0.05) is 28.5 Å². The Morgan fingerprint density at radius 2 is 1.67 bits per heavy atom. The van der Waals surface area contributed by atoms with Crippen LogP contribution in [0, 0.1) is 5.92 Å². The quantitative estimate of drug-likeness (QED) is 0.0859. The van der Waals surface area contributed by atoms with Crippen LogP contribution >= 0.6 is 38.8 Å². The molecule has 0 bridgehead atoms. The fraction of sp³-hybridized carbons (Fsp3) is 0.393. The Labute approximate surface area is 260 Å². The summed E-state index contributed by atoms with van der Waals surface area (Å²) in [5.41, 5.74) is 9.70. The van der Waals surface area contributed by atoms with Gasteiger partial charge in [-0.05, 0) is 67.0 Å². The maximum Gasteiger partial charge on any atom is 0.524 e. The van der Waals surface area contributed by atoms with Gasteiger partial charge in [0.15, 0.2) is 0 Å². The normalized spacial score (nSPS) is 12.8. The van der Waals surface area contributed by atoms with E-state index in [1.54, 1.807) is 18.2 Å². The summed E-state index contributed by atoms with van der Waals surface area (Å²) >= 11 is 12.4. The molecule has 236 valence electrons. The van der Waals surface area contributed by atoms with Gasteiger partial charge in [0.05, 0.1) is 17.2 Å². The third-order valence-electron chi connectivity index (χ3n) is 6.84. The average Bonchev–Trinajstić information content (AvgIpc) is 3.19. The number of aromatic nitrogens is 1. The predicted molar refractivity (Wildman–Crippen MR) is 165 cm³/mol. The van der Waals surface area contributed by atoms with Crippen molar-refractivity contribution in [2.75, 3.05) is 6.61 Å². The number of primary amides is 1. The summed E-state index contributed by atoms with van der Waals surface area (Å²) in [6.07, 6.45) is 3.55. The lowest BCUT2D eigenvalue weighted by molar-refractivity contribution is 0.0999. The highest BCUT2D eigenvalue weighted by Crippen LogP contribution is 2.44. The first kappa shape index (κ1) is 35.3. The van der Waals surface area contributed by atoms with Crippen LogP contribution in [0.25, 0.3) is 11.1 Å². The number of phosphoric acid groups is 2. The van der Waals surface area contributed by atoms with Crippen LogP contribution in [0.4, 0.5) is 0 Å². The van der Waals surface area contributed by atoms with Crippen LogP contribution < -0.4 is 10.3 Å². The SMILES string of the molecule is CCC[C@H](C)Cc1c(-c2ccc(OP(=O)(O)O)c(Cl)c2)c(C(N)=O)c(CCc2ccc(Cl)cc2)n1CCCOP(=O)(O)O. The van der Waals surface area contributed by atoms with Crippen molar-refractivity contribution >= 4 is 44.8 Å². The monoisotopic (exact) mass is 676 g/mol. The molecule has 0 aliphatic rings. The van der Waals surface area contributed by atoms with E-state index in [4.69, 9.17) is 43.2 Å². The Bertz CT molecular complexity index is 1520. The number of halogens is 2. The second-order valence-electron chi connectivity index (χ2n) is 10.3. The molecule has 43 heavy (non-hydrogen) atoms. The highest BCUT2D eigenvalue weighted by atomic mass is 35.5. The van der Waals surface area contributed by atoms with Gasteiger partial charge in [0.25, 0.3) is 5.91 Å². The lowest BCUT2D eigenvalue weighted by Crippen LogP contribution is -2.16. The fourth-order valence-electron chi connectivity index (χ4n) is 5.14. The van der Waals surface area contributed by atoms with E-state index in [1.165, 1.54) is 12.1 Å². The van der Waals surface area contributed by atoms with Gasteiger partial charge >= 0.3 is 15.6 Å². The standard InChI is InChI=1S/C28H36Cl2N2O9P2/c1-3-5-18(2)16-24-26(20-9-13-25(22(30)17-20)41-43(37,38)39)27(28(31)33)23(12-8-19-6-10-21(29)11-7-19)32(24)14-4-15-40-42(34,35)36/h6-7,9-11,13,17-18H,3-5,8,12,14-16H2,1-2H3,(H2,31,33)(H2,34,35,36)(H2,37,38,39)/t18-/m0/s1. The summed E-state index contributed by atoms with van der Waals surface area (Å²) in [7, 11) is -9.54. The van der Waals surface area contributed by atoms with E-state index < -0.39 is 21.6 Å². The smallest absolute Gasteiger partial charge is 0.403 e. The second kappa shape index (κ2) is 15.2. The third-order valence-corrected chi connectivity index (χ3v) is 8.34. The van der Waals surface area contributed by atoms with Crippen molar-refractivity contribution in [2.45, 2.75) is 58.9 Å². The molecule has 0 unspecified atom stereocenters. The molecule has 3 aromatic rings.